The first-order valence-corrected chi connectivity index (χ1v) is 6.80. The molecular formula is C11H11ClIN3. The van der Waals surface area contributed by atoms with Crippen LogP contribution in [0.1, 0.15) is 31.5 Å². The Morgan fingerprint density at radius 2 is 2.25 bits per heavy atom. The van der Waals surface area contributed by atoms with Crippen LogP contribution in [-0.4, -0.2) is 14.4 Å². The molecule has 2 aromatic rings. The molecule has 0 aromatic carbocycles. The van der Waals surface area contributed by atoms with Crippen molar-refractivity contribution in [3.63, 3.8) is 0 Å². The lowest BCUT2D eigenvalue weighted by molar-refractivity contribution is 0.277. The minimum absolute atomic E-state index is 0.540. The number of fused-ring (bicyclic) bond motifs is 1. The Bertz CT molecular complexity index is 545. The second-order valence-corrected chi connectivity index (χ2v) is 5.85. The summed E-state index contributed by atoms with van der Waals surface area (Å²) in [6.07, 6.45) is 6.15. The lowest BCUT2D eigenvalue weighted by atomic mass is 9.76. The Morgan fingerprint density at radius 1 is 1.50 bits per heavy atom. The summed E-state index contributed by atoms with van der Waals surface area (Å²) < 4.78 is 3.04. The molecule has 84 valence electrons. The van der Waals surface area contributed by atoms with Crippen LogP contribution in [0.4, 0.5) is 0 Å². The minimum Gasteiger partial charge on any atom is -0.298 e. The molecule has 2 heterocycles. The predicted octanol–water partition coefficient (Wildman–Crippen LogP) is 3.50. The monoisotopic (exact) mass is 347 g/mol. The van der Waals surface area contributed by atoms with Crippen LogP contribution in [0.5, 0.6) is 0 Å². The van der Waals surface area contributed by atoms with Gasteiger partial charge in [-0.05, 0) is 41.4 Å². The molecule has 1 aliphatic carbocycles. The van der Waals surface area contributed by atoms with Gasteiger partial charge in [-0.25, -0.2) is 9.97 Å². The molecular weight excluding hydrogens is 336 g/mol. The highest BCUT2D eigenvalue weighted by atomic mass is 127. The molecule has 0 atom stereocenters. The third-order valence-electron chi connectivity index (χ3n) is 3.23. The fourth-order valence-electron chi connectivity index (χ4n) is 2.38. The van der Waals surface area contributed by atoms with E-state index in [0.29, 0.717) is 11.1 Å². The van der Waals surface area contributed by atoms with Gasteiger partial charge in [0.2, 0.25) is 0 Å². The number of imidazole rings is 1. The molecule has 1 fully saturated rings. The van der Waals surface area contributed by atoms with Gasteiger partial charge in [0.25, 0.3) is 0 Å². The molecule has 3 rings (SSSR count). The van der Waals surface area contributed by atoms with Crippen molar-refractivity contribution in [1.82, 2.24) is 14.4 Å². The summed E-state index contributed by atoms with van der Waals surface area (Å²) in [4.78, 5) is 8.73. The zero-order chi connectivity index (χ0) is 11.3. The van der Waals surface area contributed by atoms with Crippen molar-refractivity contribution >= 4 is 39.7 Å². The van der Waals surface area contributed by atoms with Gasteiger partial charge in [-0.1, -0.05) is 18.5 Å². The van der Waals surface area contributed by atoms with Crippen molar-refractivity contribution in [2.24, 2.45) is 5.92 Å². The smallest absolute Gasteiger partial charge is 0.155 e. The Labute approximate surface area is 112 Å². The summed E-state index contributed by atoms with van der Waals surface area (Å²) in [5.74, 6) is 2.55. The third-order valence-corrected chi connectivity index (χ3v) is 4.26. The topological polar surface area (TPSA) is 30.2 Å². The fraction of sp³-hybridized carbons (Fsp3) is 0.455. The van der Waals surface area contributed by atoms with Crippen LogP contribution in [-0.2, 0) is 0 Å². The lowest BCUT2D eigenvalue weighted by Gasteiger charge is -2.31. The van der Waals surface area contributed by atoms with E-state index in [1.165, 1.54) is 12.8 Å². The first-order chi connectivity index (χ1) is 7.66. The molecule has 5 heteroatoms. The van der Waals surface area contributed by atoms with Crippen LogP contribution in [0.2, 0.25) is 5.15 Å². The second-order valence-electron chi connectivity index (χ2n) is 4.47. The van der Waals surface area contributed by atoms with Gasteiger partial charge in [0.15, 0.2) is 5.15 Å². The number of halogens is 2. The van der Waals surface area contributed by atoms with Crippen molar-refractivity contribution in [3.05, 3.63) is 27.1 Å². The van der Waals surface area contributed by atoms with Crippen molar-refractivity contribution in [3.8, 4) is 0 Å². The molecule has 16 heavy (non-hydrogen) atoms. The molecule has 1 saturated carbocycles. The van der Waals surface area contributed by atoms with E-state index in [1.54, 1.807) is 6.20 Å². The summed E-state index contributed by atoms with van der Waals surface area (Å²) in [6.45, 7) is 2.28. The Kier molecular flexibility index (Phi) is 2.58. The van der Waals surface area contributed by atoms with E-state index in [0.717, 1.165) is 21.0 Å². The van der Waals surface area contributed by atoms with Crippen LogP contribution in [0.3, 0.4) is 0 Å². The van der Waals surface area contributed by atoms with Crippen molar-refractivity contribution in [2.75, 3.05) is 0 Å². The summed E-state index contributed by atoms with van der Waals surface area (Å²) in [5, 5.41) is 0.540. The molecule has 0 aliphatic heterocycles. The van der Waals surface area contributed by atoms with Crippen LogP contribution in [0, 0.1) is 9.62 Å². The molecule has 3 nitrogen and oxygen atoms in total. The fourth-order valence-corrected chi connectivity index (χ4v) is 3.54. The quantitative estimate of drug-likeness (QED) is 0.739. The van der Waals surface area contributed by atoms with E-state index in [1.807, 2.05) is 6.20 Å². The summed E-state index contributed by atoms with van der Waals surface area (Å²) >= 11 is 8.32. The van der Waals surface area contributed by atoms with Crippen molar-refractivity contribution in [2.45, 2.75) is 25.7 Å². The molecule has 0 N–H and O–H groups in total. The molecule has 0 saturated heterocycles. The molecule has 1 aliphatic rings. The van der Waals surface area contributed by atoms with Gasteiger partial charge < -0.3 is 0 Å². The zero-order valence-corrected chi connectivity index (χ0v) is 11.7. The van der Waals surface area contributed by atoms with E-state index >= 15 is 0 Å². The highest BCUT2D eigenvalue weighted by molar-refractivity contribution is 14.1. The maximum absolute atomic E-state index is 6.09. The highest BCUT2D eigenvalue weighted by Gasteiger charge is 2.31. The molecule has 0 radical (unpaired) electrons. The number of hydrogen-bond donors (Lipinski definition) is 0. The Morgan fingerprint density at radius 3 is 2.94 bits per heavy atom. The zero-order valence-electron chi connectivity index (χ0n) is 8.82. The first kappa shape index (κ1) is 10.8. The second kappa shape index (κ2) is 3.84. The maximum atomic E-state index is 6.09. The molecule has 0 spiro atoms. The average Bonchev–Trinajstić information content (AvgIpc) is 2.53. The van der Waals surface area contributed by atoms with Crippen molar-refractivity contribution in [1.29, 1.82) is 0 Å². The van der Waals surface area contributed by atoms with E-state index in [4.69, 9.17) is 11.6 Å². The highest BCUT2D eigenvalue weighted by Crippen LogP contribution is 2.41. The van der Waals surface area contributed by atoms with Gasteiger partial charge in [-0.2, -0.15) is 0 Å². The van der Waals surface area contributed by atoms with Gasteiger partial charge in [-0.15, -0.1) is 0 Å². The molecule has 0 amide bonds. The SMILES string of the molecule is CC1CC(c2nc(I)c3c(Cl)nccn23)C1. The number of rotatable bonds is 1. The average molecular weight is 348 g/mol. The molecule has 0 unspecified atom stereocenters. The summed E-state index contributed by atoms with van der Waals surface area (Å²) in [7, 11) is 0. The lowest BCUT2D eigenvalue weighted by Crippen LogP contribution is -2.21. The van der Waals surface area contributed by atoms with Crippen LogP contribution in [0.25, 0.3) is 5.52 Å². The predicted molar refractivity (Wildman–Crippen MR) is 71.9 cm³/mol. The Hall–Kier alpha value is -0.360. The summed E-state index contributed by atoms with van der Waals surface area (Å²) in [5.41, 5.74) is 0.944. The molecule has 0 bridgehead atoms. The summed E-state index contributed by atoms with van der Waals surface area (Å²) in [6, 6.07) is 0. The molecule has 2 aromatic heterocycles. The van der Waals surface area contributed by atoms with Crippen LogP contribution < -0.4 is 0 Å². The van der Waals surface area contributed by atoms with Crippen LogP contribution in [0.15, 0.2) is 12.4 Å². The standard InChI is InChI=1S/C11H11ClIN3/c1-6-4-7(5-6)11-15-10(13)8-9(12)14-2-3-16(8)11/h2-3,6-7H,4-5H2,1H3. The normalized spacial score (nSPS) is 24.7. The van der Waals surface area contributed by atoms with Crippen LogP contribution >= 0.6 is 34.2 Å². The van der Waals surface area contributed by atoms with Gasteiger partial charge in [0.05, 0.1) is 0 Å². The first-order valence-electron chi connectivity index (χ1n) is 5.34. The third kappa shape index (κ3) is 1.54. The van der Waals surface area contributed by atoms with E-state index in [2.05, 4.69) is 43.9 Å². The van der Waals surface area contributed by atoms with E-state index in [-0.39, 0.29) is 0 Å². The maximum Gasteiger partial charge on any atom is 0.155 e. The van der Waals surface area contributed by atoms with E-state index in [9.17, 15) is 0 Å². The van der Waals surface area contributed by atoms with Gasteiger partial charge in [0, 0.05) is 18.3 Å². The number of nitrogens with zero attached hydrogens (tertiary/aromatic N) is 3. The van der Waals surface area contributed by atoms with E-state index < -0.39 is 0 Å². The number of hydrogen-bond acceptors (Lipinski definition) is 2. The largest absolute Gasteiger partial charge is 0.298 e. The minimum atomic E-state index is 0.540. The van der Waals surface area contributed by atoms with Crippen molar-refractivity contribution < 1.29 is 0 Å². The van der Waals surface area contributed by atoms with Gasteiger partial charge in [-0.3, -0.25) is 4.40 Å². The Balaban J connectivity index is 2.16. The van der Waals surface area contributed by atoms with Gasteiger partial charge in [0.1, 0.15) is 15.0 Å². The number of aromatic nitrogens is 3. The van der Waals surface area contributed by atoms with Gasteiger partial charge >= 0.3 is 0 Å².